The lowest BCUT2D eigenvalue weighted by atomic mass is 10.2. The number of carbonyl (C=O) groups is 1. The van der Waals surface area contributed by atoms with E-state index < -0.39 is 5.91 Å². The summed E-state index contributed by atoms with van der Waals surface area (Å²) < 4.78 is 2.56. The third-order valence-electron chi connectivity index (χ3n) is 1.82. The second-order valence-electron chi connectivity index (χ2n) is 3.01. The van der Waals surface area contributed by atoms with Gasteiger partial charge in [0.2, 0.25) is 5.91 Å². The van der Waals surface area contributed by atoms with Crippen LogP contribution in [0.15, 0.2) is 11.1 Å². The van der Waals surface area contributed by atoms with Crippen molar-refractivity contribution in [3.05, 3.63) is 16.8 Å². The van der Waals surface area contributed by atoms with Crippen molar-refractivity contribution in [1.29, 1.82) is 0 Å². The van der Waals surface area contributed by atoms with E-state index in [1.807, 2.05) is 0 Å². The number of carbonyl (C=O) groups excluding carboxylic acids is 1. The molecule has 1 unspecified atom stereocenters. The lowest BCUT2D eigenvalue weighted by molar-refractivity contribution is -0.121. The van der Waals surface area contributed by atoms with E-state index in [2.05, 4.69) is 5.10 Å². The van der Waals surface area contributed by atoms with E-state index in [-0.39, 0.29) is 18.2 Å². The third kappa shape index (κ3) is 1.95. The number of hydrogen-bond donors (Lipinski definition) is 1. The Hall–Kier alpha value is -1.59. The average Bonchev–Trinajstić information content (AvgIpc) is 2.36. The Kier molecular flexibility index (Phi) is 2.50. The highest BCUT2D eigenvalue weighted by molar-refractivity contribution is 5.76. The smallest absolute Gasteiger partial charge is 0.345 e. The summed E-state index contributed by atoms with van der Waals surface area (Å²) in [5.74, 6) is -0.815. The molecule has 6 heteroatoms. The summed E-state index contributed by atoms with van der Waals surface area (Å²) in [6.07, 6.45) is 1.40. The molecular formula is C7H12N4O2. The van der Waals surface area contributed by atoms with Crippen molar-refractivity contribution in [1.82, 2.24) is 14.3 Å². The molecule has 0 saturated carbocycles. The van der Waals surface area contributed by atoms with E-state index >= 15 is 0 Å². The maximum Gasteiger partial charge on any atom is 0.345 e. The van der Waals surface area contributed by atoms with Crippen LogP contribution in [-0.4, -0.2) is 20.3 Å². The highest BCUT2D eigenvalue weighted by atomic mass is 16.2. The van der Waals surface area contributed by atoms with E-state index in [0.717, 1.165) is 0 Å². The molecule has 0 fully saturated rings. The molecule has 0 spiro atoms. The van der Waals surface area contributed by atoms with Crippen LogP contribution < -0.4 is 11.4 Å². The van der Waals surface area contributed by atoms with Crippen molar-refractivity contribution < 1.29 is 4.79 Å². The first kappa shape index (κ1) is 9.50. The monoisotopic (exact) mass is 184 g/mol. The van der Waals surface area contributed by atoms with Gasteiger partial charge in [-0.3, -0.25) is 9.36 Å². The SMILES string of the molecule is CC(Cn1ncn(C)c1=O)C(N)=O. The molecule has 1 amide bonds. The third-order valence-corrected chi connectivity index (χ3v) is 1.82. The Labute approximate surface area is 75.0 Å². The number of rotatable bonds is 3. The van der Waals surface area contributed by atoms with Crippen molar-refractivity contribution >= 4 is 5.91 Å². The van der Waals surface area contributed by atoms with Gasteiger partial charge in [-0.1, -0.05) is 6.92 Å². The Bertz CT molecular complexity index is 365. The number of aryl methyl sites for hydroxylation is 1. The lowest BCUT2D eigenvalue weighted by Gasteiger charge is -2.04. The summed E-state index contributed by atoms with van der Waals surface area (Å²) >= 11 is 0. The second-order valence-corrected chi connectivity index (χ2v) is 3.01. The van der Waals surface area contributed by atoms with Crippen molar-refractivity contribution in [2.45, 2.75) is 13.5 Å². The molecule has 0 aromatic carbocycles. The fourth-order valence-corrected chi connectivity index (χ4v) is 0.895. The molecule has 0 aliphatic heterocycles. The molecule has 0 aliphatic carbocycles. The summed E-state index contributed by atoms with van der Waals surface area (Å²) in [4.78, 5) is 21.9. The Morgan fingerprint density at radius 1 is 1.77 bits per heavy atom. The molecule has 0 bridgehead atoms. The van der Waals surface area contributed by atoms with Crippen LogP contribution in [0.3, 0.4) is 0 Å². The van der Waals surface area contributed by atoms with Gasteiger partial charge in [0.25, 0.3) is 0 Å². The van der Waals surface area contributed by atoms with Gasteiger partial charge in [0, 0.05) is 7.05 Å². The standard InChI is InChI=1S/C7H12N4O2/c1-5(6(8)12)3-11-7(13)10(2)4-9-11/h4-5H,3H2,1-2H3,(H2,8,12). The zero-order valence-corrected chi connectivity index (χ0v) is 7.60. The molecule has 1 aromatic heterocycles. The molecule has 1 rings (SSSR count). The van der Waals surface area contributed by atoms with E-state index in [9.17, 15) is 9.59 Å². The predicted molar refractivity (Wildman–Crippen MR) is 45.8 cm³/mol. The minimum Gasteiger partial charge on any atom is -0.369 e. The normalized spacial score (nSPS) is 12.8. The van der Waals surface area contributed by atoms with Crippen molar-refractivity contribution in [3.63, 3.8) is 0 Å². The largest absolute Gasteiger partial charge is 0.369 e. The lowest BCUT2D eigenvalue weighted by Crippen LogP contribution is -2.31. The van der Waals surface area contributed by atoms with Crippen molar-refractivity contribution in [3.8, 4) is 0 Å². The molecular weight excluding hydrogens is 172 g/mol. The Balaban J connectivity index is 2.81. The second kappa shape index (κ2) is 3.42. The van der Waals surface area contributed by atoms with Crippen LogP contribution >= 0.6 is 0 Å². The zero-order valence-electron chi connectivity index (χ0n) is 7.60. The summed E-state index contributed by atoms with van der Waals surface area (Å²) in [5.41, 5.74) is 4.81. The van der Waals surface area contributed by atoms with E-state index in [0.29, 0.717) is 0 Å². The quantitative estimate of drug-likeness (QED) is 0.634. The number of nitrogens with zero attached hydrogens (tertiary/aromatic N) is 3. The highest BCUT2D eigenvalue weighted by Crippen LogP contribution is 1.94. The van der Waals surface area contributed by atoms with Gasteiger partial charge in [0.1, 0.15) is 6.33 Å². The molecule has 0 saturated heterocycles. The molecule has 0 radical (unpaired) electrons. The van der Waals surface area contributed by atoms with Gasteiger partial charge in [-0.05, 0) is 0 Å². The van der Waals surface area contributed by atoms with Crippen LogP contribution in [0, 0.1) is 5.92 Å². The van der Waals surface area contributed by atoms with Gasteiger partial charge in [0.05, 0.1) is 12.5 Å². The summed E-state index contributed by atoms with van der Waals surface area (Å²) in [6, 6.07) is 0. The number of amides is 1. The van der Waals surface area contributed by atoms with Gasteiger partial charge in [-0.25, -0.2) is 9.48 Å². The predicted octanol–water partition coefficient (Wildman–Crippen LogP) is -1.30. The van der Waals surface area contributed by atoms with E-state index in [1.54, 1.807) is 14.0 Å². The number of nitrogens with two attached hydrogens (primary N) is 1. The van der Waals surface area contributed by atoms with Crippen LogP contribution in [0.2, 0.25) is 0 Å². The first-order chi connectivity index (χ1) is 6.02. The van der Waals surface area contributed by atoms with Crippen LogP contribution in [-0.2, 0) is 18.4 Å². The minimum absolute atomic E-state index is 0.231. The van der Waals surface area contributed by atoms with Gasteiger partial charge in [-0.15, -0.1) is 0 Å². The highest BCUT2D eigenvalue weighted by Gasteiger charge is 2.11. The molecule has 1 atom stereocenters. The van der Waals surface area contributed by atoms with E-state index in [1.165, 1.54) is 15.6 Å². The average molecular weight is 184 g/mol. The summed E-state index contributed by atoms with van der Waals surface area (Å²) in [6.45, 7) is 1.89. The summed E-state index contributed by atoms with van der Waals surface area (Å²) in [5, 5.41) is 3.80. The first-order valence-electron chi connectivity index (χ1n) is 3.90. The number of primary amides is 1. The molecule has 0 aliphatic rings. The molecule has 72 valence electrons. The summed E-state index contributed by atoms with van der Waals surface area (Å²) in [7, 11) is 1.60. The van der Waals surface area contributed by atoms with Gasteiger partial charge in [-0.2, -0.15) is 5.10 Å². The first-order valence-corrected chi connectivity index (χ1v) is 3.90. The van der Waals surface area contributed by atoms with Crippen LogP contribution in [0.5, 0.6) is 0 Å². The maximum absolute atomic E-state index is 11.2. The fraction of sp³-hybridized carbons (Fsp3) is 0.571. The minimum atomic E-state index is -0.433. The molecule has 1 heterocycles. The van der Waals surface area contributed by atoms with Crippen LogP contribution in [0.1, 0.15) is 6.92 Å². The Morgan fingerprint density at radius 3 is 2.77 bits per heavy atom. The van der Waals surface area contributed by atoms with Gasteiger partial charge < -0.3 is 5.73 Å². The van der Waals surface area contributed by atoms with Crippen LogP contribution in [0.4, 0.5) is 0 Å². The molecule has 1 aromatic rings. The number of aromatic nitrogens is 3. The van der Waals surface area contributed by atoms with E-state index in [4.69, 9.17) is 5.73 Å². The maximum atomic E-state index is 11.2. The Morgan fingerprint density at radius 2 is 2.38 bits per heavy atom. The van der Waals surface area contributed by atoms with Crippen molar-refractivity contribution in [2.24, 2.45) is 18.7 Å². The van der Waals surface area contributed by atoms with Gasteiger partial charge >= 0.3 is 5.69 Å². The molecule has 13 heavy (non-hydrogen) atoms. The topological polar surface area (TPSA) is 82.9 Å². The number of hydrogen-bond acceptors (Lipinski definition) is 3. The zero-order chi connectivity index (χ0) is 10.0. The fourth-order valence-electron chi connectivity index (χ4n) is 0.895. The molecule has 6 nitrogen and oxygen atoms in total. The van der Waals surface area contributed by atoms with Gasteiger partial charge in [0.15, 0.2) is 0 Å². The molecule has 2 N–H and O–H groups in total. The van der Waals surface area contributed by atoms with Crippen molar-refractivity contribution in [2.75, 3.05) is 0 Å². The van der Waals surface area contributed by atoms with Crippen LogP contribution in [0.25, 0.3) is 0 Å².